The third-order valence-corrected chi connectivity index (χ3v) is 3.94. The van der Waals surface area contributed by atoms with Gasteiger partial charge < -0.3 is 20.1 Å². The Hall–Kier alpha value is -1.33. The summed E-state index contributed by atoms with van der Waals surface area (Å²) in [7, 11) is 2.15. The number of rotatable bonds is 7. The average molecular weight is 278 g/mol. The van der Waals surface area contributed by atoms with Gasteiger partial charge in [0.05, 0.1) is 0 Å². The van der Waals surface area contributed by atoms with Gasteiger partial charge in [0, 0.05) is 37.6 Å². The molecule has 0 aliphatic carbocycles. The summed E-state index contributed by atoms with van der Waals surface area (Å²) in [4.78, 5) is 16.5. The number of nitrogen functional groups attached to an aromatic ring is 1. The van der Waals surface area contributed by atoms with Crippen LogP contribution >= 0.6 is 0 Å². The highest BCUT2D eigenvalue weighted by atomic mass is 16.1. The van der Waals surface area contributed by atoms with Crippen LogP contribution in [0.25, 0.3) is 0 Å². The van der Waals surface area contributed by atoms with Gasteiger partial charge in [-0.2, -0.15) is 0 Å². The van der Waals surface area contributed by atoms with E-state index in [1.54, 1.807) is 16.8 Å². The van der Waals surface area contributed by atoms with Crippen molar-refractivity contribution in [3.8, 4) is 0 Å². The van der Waals surface area contributed by atoms with Crippen molar-refractivity contribution in [2.45, 2.75) is 25.8 Å². The molecule has 112 valence electrons. The van der Waals surface area contributed by atoms with Gasteiger partial charge in [0.25, 0.3) is 5.56 Å². The van der Waals surface area contributed by atoms with Gasteiger partial charge in [-0.1, -0.05) is 0 Å². The SMILES string of the molecule is CN(CCCn1cc(N)ccc1=O)CCN1CCCC1. The molecule has 0 amide bonds. The molecule has 2 N–H and O–H groups in total. The molecule has 0 saturated carbocycles. The van der Waals surface area contributed by atoms with Crippen LogP contribution in [0.5, 0.6) is 0 Å². The number of nitrogens with two attached hydrogens (primary N) is 1. The van der Waals surface area contributed by atoms with Crippen LogP contribution in [0.4, 0.5) is 5.69 Å². The number of aryl methyl sites for hydroxylation is 1. The predicted octanol–water partition coefficient (Wildman–Crippen LogP) is 0.848. The Morgan fingerprint density at radius 1 is 1.20 bits per heavy atom. The highest BCUT2D eigenvalue weighted by Crippen LogP contribution is 2.06. The van der Waals surface area contributed by atoms with Crippen molar-refractivity contribution in [1.29, 1.82) is 0 Å². The van der Waals surface area contributed by atoms with Crippen molar-refractivity contribution < 1.29 is 0 Å². The third-order valence-electron chi connectivity index (χ3n) is 3.94. The quantitative estimate of drug-likeness (QED) is 0.803. The molecule has 1 aromatic heterocycles. The van der Waals surface area contributed by atoms with E-state index in [0.29, 0.717) is 5.69 Å². The van der Waals surface area contributed by atoms with Gasteiger partial charge in [-0.15, -0.1) is 0 Å². The normalized spacial score (nSPS) is 16.1. The molecule has 2 rings (SSSR count). The lowest BCUT2D eigenvalue weighted by molar-refractivity contribution is 0.252. The minimum absolute atomic E-state index is 0.0268. The Morgan fingerprint density at radius 3 is 2.70 bits per heavy atom. The van der Waals surface area contributed by atoms with Crippen LogP contribution in [-0.4, -0.2) is 54.1 Å². The van der Waals surface area contributed by atoms with Crippen LogP contribution in [0.2, 0.25) is 0 Å². The molecular formula is C15H26N4O. The number of hydrogen-bond donors (Lipinski definition) is 1. The minimum atomic E-state index is 0.0268. The zero-order chi connectivity index (χ0) is 14.4. The number of hydrogen-bond acceptors (Lipinski definition) is 4. The first-order chi connectivity index (χ1) is 9.65. The Bertz CT molecular complexity index is 465. The Labute approximate surface area is 121 Å². The van der Waals surface area contributed by atoms with Crippen LogP contribution in [-0.2, 0) is 6.54 Å². The summed E-state index contributed by atoms with van der Waals surface area (Å²) in [6.07, 6.45) is 5.40. The average Bonchev–Trinajstić information content (AvgIpc) is 2.93. The van der Waals surface area contributed by atoms with E-state index in [1.807, 2.05) is 0 Å². The maximum absolute atomic E-state index is 11.6. The smallest absolute Gasteiger partial charge is 0.250 e. The van der Waals surface area contributed by atoms with E-state index in [-0.39, 0.29) is 5.56 Å². The van der Waals surface area contributed by atoms with E-state index in [9.17, 15) is 4.79 Å². The molecule has 0 radical (unpaired) electrons. The fourth-order valence-electron chi connectivity index (χ4n) is 2.67. The second kappa shape index (κ2) is 7.45. The zero-order valence-electron chi connectivity index (χ0n) is 12.4. The standard InChI is InChI=1S/C15H26N4O/c1-17(11-12-18-8-2-3-9-18)7-4-10-19-13-14(16)5-6-15(19)20/h5-6,13H,2-4,7-12,16H2,1H3. The summed E-state index contributed by atoms with van der Waals surface area (Å²) in [6, 6.07) is 3.19. The van der Waals surface area contributed by atoms with E-state index in [1.165, 1.54) is 32.0 Å². The monoisotopic (exact) mass is 278 g/mol. The second-order valence-corrected chi connectivity index (χ2v) is 5.70. The van der Waals surface area contributed by atoms with E-state index >= 15 is 0 Å². The van der Waals surface area contributed by atoms with Gasteiger partial charge in [0.2, 0.25) is 0 Å². The first-order valence-corrected chi connectivity index (χ1v) is 7.52. The fraction of sp³-hybridized carbons (Fsp3) is 0.667. The molecular weight excluding hydrogens is 252 g/mol. The summed E-state index contributed by atoms with van der Waals surface area (Å²) in [5.74, 6) is 0. The van der Waals surface area contributed by atoms with E-state index in [2.05, 4.69) is 16.8 Å². The number of pyridine rings is 1. The predicted molar refractivity (Wildman–Crippen MR) is 82.9 cm³/mol. The summed E-state index contributed by atoms with van der Waals surface area (Å²) in [5.41, 5.74) is 6.37. The molecule has 5 heteroatoms. The van der Waals surface area contributed by atoms with Crippen LogP contribution < -0.4 is 11.3 Å². The molecule has 20 heavy (non-hydrogen) atoms. The van der Waals surface area contributed by atoms with Crippen molar-refractivity contribution in [1.82, 2.24) is 14.4 Å². The van der Waals surface area contributed by atoms with E-state index in [0.717, 1.165) is 32.6 Å². The van der Waals surface area contributed by atoms with Gasteiger partial charge in [0.1, 0.15) is 0 Å². The summed E-state index contributed by atoms with van der Waals surface area (Å²) < 4.78 is 1.70. The van der Waals surface area contributed by atoms with Crippen molar-refractivity contribution in [2.75, 3.05) is 45.5 Å². The topological polar surface area (TPSA) is 54.5 Å². The second-order valence-electron chi connectivity index (χ2n) is 5.70. The number of likely N-dealkylation sites (N-methyl/N-ethyl adjacent to an activating group) is 1. The van der Waals surface area contributed by atoms with Crippen molar-refractivity contribution in [2.24, 2.45) is 0 Å². The Kier molecular flexibility index (Phi) is 5.61. The van der Waals surface area contributed by atoms with Crippen LogP contribution in [0.1, 0.15) is 19.3 Å². The number of nitrogens with zero attached hydrogens (tertiary/aromatic N) is 3. The molecule has 1 aromatic rings. The van der Waals surface area contributed by atoms with Crippen molar-refractivity contribution >= 4 is 5.69 Å². The molecule has 2 heterocycles. The summed E-state index contributed by atoms with van der Waals surface area (Å²) in [5, 5.41) is 0. The maximum Gasteiger partial charge on any atom is 0.250 e. The maximum atomic E-state index is 11.6. The number of likely N-dealkylation sites (tertiary alicyclic amines) is 1. The van der Waals surface area contributed by atoms with Gasteiger partial charge >= 0.3 is 0 Å². The largest absolute Gasteiger partial charge is 0.398 e. The van der Waals surface area contributed by atoms with Crippen molar-refractivity contribution in [3.63, 3.8) is 0 Å². The Morgan fingerprint density at radius 2 is 1.95 bits per heavy atom. The number of anilines is 1. The molecule has 0 spiro atoms. The number of aromatic nitrogens is 1. The van der Waals surface area contributed by atoms with Gasteiger partial charge in [-0.3, -0.25) is 4.79 Å². The molecule has 0 aromatic carbocycles. The molecule has 1 saturated heterocycles. The van der Waals surface area contributed by atoms with Crippen molar-refractivity contribution in [3.05, 3.63) is 28.7 Å². The highest BCUT2D eigenvalue weighted by molar-refractivity contribution is 5.33. The molecule has 0 bridgehead atoms. The molecule has 1 aliphatic heterocycles. The van der Waals surface area contributed by atoms with Crippen LogP contribution in [0, 0.1) is 0 Å². The molecule has 0 unspecified atom stereocenters. The first kappa shape index (κ1) is 15.1. The molecule has 1 fully saturated rings. The Balaban J connectivity index is 1.66. The molecule has 0 atom stereocenters. The van der Waals surface area contributed by atoms with E-state index < -0.39 is 0 Å². The van der Waals surface area contributed by atoms with Crippen LogP contribution in [0.15, 0.2) is 23.1 Å². The van der Waals surface area contributed by atoms with Gasteiger partial charge in [0.15, 0.2) is 0 Å². The first-order valence-electron chi connectivity index (χ1n) is 7.52. The lowest BCUT2D eigenvalue weighted by Crippen LogP contribution is -2.32. The fourth-order valence-corrected chi connectivity index (χ4v) is 2.67. The summed E-state index contributed by atoms with van der Waals surface area (Å²) in [6.45, 7) is 6.52. The minimum Gasteiger partial charge on any atom is -0.398 e. The van der Waals surface area contributed by atoms with Crippen LogP contribution in [0.3, 0.4) is 0 Å². The summed E-state index contributed by atoms with van der Waals surface area (Å²) >= 11 is 0. The van der Waals surface area contributed by atoms with Gasteiger partial charge in [-0.25, -0.2) is 0 Å². The highest BCUT2D eigenvalue weighted by Gasteiger charge is 2.11. The molecule has 5 nitrogen and oxygen atoms in total. The van der Waals surface area contributed by atoms with E-state index in [4.69, 9.17) is 5.73 Å². The molecule has 1 aliphatic rings. The third kappa shape index (κ3) is 4.65. The van der Waals surface area contributed by atoms with Gasteiger partial charge in [-0.05, 0) is 52.0 Å². The zero-order valence-corrected chi connectivity index (χ0v) is 12.4. The lowest BCUT2D eigenvalue weighted by atomic mass is 10.3. The lowest BCUT2D eigenvalue weighted by Gasteiger charge is -2.21.